The highest BCUT2D eigenvalue weighted by molar-refractivity contribution is 5.63. The van der Waals surface area contributed by atoms with Crippen molar-refractivity contribution in [2.45, 2.75) is 0 Å². The molecular weight excluding hydrogens is 248 g/mol. The molecule has 0 atom stereocenters. The first kappa shape index (κ1) is 11.4. The number of nitrogens with zero attached hydrogens (tertiary/aromatic N) is 6. The van der Waals surface area contributed by atoms with Crippen molar-refractivity contribution in [3.8, 4) is 11.4 Å². The highest BCUT2D eigenvalue weighted by atomic mass is 16.6. The second-order valence-electron chi connectivity index (χ2n) is 3.08. The summed E-state index contributed by atoms with van der Waals surface area (Å²) in [5.41, 5.74) is -1.86. The van der Waals surface area contributed by atoms with Crippen LogP contribution in [0.1, 0.15) is 0 Å². The number of aromatic nitrogens is 4. The monoisotopic (exact) mass is 251 g/mol. The lowest BCUT2D eigenvalue weighted by atomic mass is 10.2. The molecule has 2 aromatic rings. The first-order chi connectivity index (χ1) is 8.50. The van der Waals surface area contributed by atoms with Crippen LogP contribution in [0.15, 0.2) is 18.5 Å². The fourth-order valence-electron chi connectivity index (χ4n) is 1.27. The van der Waals surface area contributed by atoms with E-state index in [2.05, 4.69) is 15.5 Å². The van der Waals surface area contributed by atoms with E-state index in [1.54, 1.807) is 0 Å². The number of rotatable bonds is 3. The van der Waals surface area contributed by atoms with E-state index in [4.69, 9.17) is 0 Å². The summed E-state index contributed by atoms with van der Waals surface area (Å²) in [7, 11) is 0. The molecule has 1 aromatic heterocycles. The van der Waals surface area contributed by atoms with Gasteiger partial charge in [-0.3, -0.25) is 20.2 Å². The minimum absolute atomic E-state index is 0.360. The molecule has 0 fully saturated rings. The third-order valence-corrected chi connectivity index (χ3v) is 2.04. The molecule has 0 bridgehead atoms. The van der Waals surface area contributed by atoms with Crippen molar-refractivity contribution >= 4 is 11.4 Å². The van der Waals surface area contributed by atoms with Gasteiger partial charge in [0.05, 0.1) is 21.6 Å². The van der Waals surface area contributed by atoms with Crippen LogP contribution in [0.5, 0.6) is 5.75 Å². The quantitative estimate of drug-likeness (QED) is 0.524. The van der Waals surface area contributed by atoms with Crippen molar-refractivity contribution in [2.75, 3.05) is 0 Å². The van der Waals surface area contributed by atoms with Crippen LogP contribution in [-0.2, 0) is 0 Å². The van der Waals surface area contributed by atoms with Crippen LogP contribution in [0.2, 0.25) is 0 Å². The smallest absolute Gasteiger partial charge is 0.278 e. The number of non-ortho nitro benzene ring substituents is 1. The Balaban J connectivity index is 2.72. The standard InChI is InChI=1S/C7H4N6O5/c14-7-5(11-3-8-9-10-11)1-4(12(15)16)2-6(7)13(17)18/h1-3,14H/p-1. The van der Waals surface area contributed by atoms with E-state index in [1.807, 2.05) is 0 Å². The summed E-state index contributed by atoms with van der Waals surface area (Å²) in [6.07, 6.45) is 1.00. The Kier molecular flexibility index (Phi) is 2.56. The van der Waals surface area contributed by atoms with Crippen molar-refractivity contribution in [3.05, 3.63) is 38.7 Å². The zero-order valence-corrected chi connectivity index (χ0v) is 8.46. The number of nitro benzene ring substituents is 2. The van der Waals surface area contributed by atoms with Gasteiger partial charge in [-0.05, 0) is 16.2 Å². The largest absolute Gasteiger partial charge is 0.866 e. The summed E-state index contributed by atoms with van der Waals surface area (Å²) in [6, 6.07) is 1.46. The molecule has 0 aliphatic rings. The maximum absolute atomic E-state index is 11.7. The van der Waals surface area contributed by atoms with E-state index in [1.165, 1.54) is 0 Å². The molecule has 0 amide bonds. The van der Waals surface area contributed by atoms with Crippen LogP contribution in [-0.4, -0.2) is 30.1 Å². The molecule has 0 aliphatic carbocycles. The first-order valence-electron chi connectivity index (χ1n) is 4.38. The zero-order chi connectivity index (χ0) is 13.3. The van der Waals surface area contributed by atoms with Gasteiger partial charge in [-0.2, -0.15) is 0 Å². The molecule has 1 heterocycles. The molecule has 0 unspecified atom stereocenters. The summed E-state index contributed by atoms with van der Waals surface area (Å²) < 4.78 is 0.822. The summed E-state index contributed by atoms with van der Waals surface area (Å²) in [4.78, 5) is 19.4. The maximum atomic E-state index is 11.7. The molecule has 0 aliphatic heterocycles. The Morgan fingerprint density at radius 3 is 2.39 bits per heavy atom. The summed E-state index contributed by atoms with van der Waals surface area (Å²) in [5, 5.41) is 42.8. The van der Waals surface area contributed by atoms with E-state index in [0.29, 0.717) is 6.07 Å². The van der Waals surface area contributed by atoms with Crippen molar-refractivity contribution in [2.24, 2.45) is 0 Å². The van der Waals surface area contributed by atoms with Crippen molar-refractivity contribution in [1.82, 2.24) is 20.2 Å². The van der Waals surface area contributed by atoms with Gasteiger partial charge in [-0.1, -0.05) is 0 Å². The Morgan fingerprint density at radius 1 is 1.17 bits per heavy atom. The molecule has 0 spiro atoms. The van der Waals surface area contributed by atoms with Crippen LogP contribution < -0.4 is 5.11 Å². The van der Waals surface area contributed by atoms with Gasteiger partial charge < -0.3 is 5.11 Å². The van der Waals surface area contributed by atoms with E-state index in [9.17, 15) is 25.3 Å². The summed E-state index contributed by atoms with van der Waals surface area (Å²) in [6.45, 7) is 0. The number of benzene rings is 1. The first-order valence-corrected chi connectivity index (χ1v) is 4.38. The molecule has 0 saturated carbocycles. The van der Waals surface area contributed by atoms with E-state index < -0.39 is 27.0 Å². The predicted molar refractivity (Wildman–Crippen MR) is 51.9 cm³/mol. The SMILES string of the molecule is O=[N+]([O-])c1cc(-n2cnnn2)c([O-])c([N+](=O)[O-])c1. The van der Waals surface area contributed by atoms with Gasteiger partial charge in [-0.25, -0.2) is 4.68 Å². The van der Waals surface area contributed by atoms with Gasteiger partial charge in [0, 0.05) is 6.07 Å². The molecule has 11 nitrogen and oxygen atoms in total. The van der Waals surface area contributed by atoms with Crippen LogP contribution in [0.3, 0.4) is 0 Å². The average molecular weight is 251 g/mol. The molecule has 0 saturated heterocycles. The topological polar surface area (TPSA) is 153 Å². The maximum Gasteiger partial charge on any atom is 0.278 e. The molecule has 1 aromatic carbocycles. The van der Waals surface area contributed by atoms with Gasteiger partial charge in [0.1, 0.15) is 6.33 Å². The lowest BCUT2D eigenvalue weighted by Crippen LogP contribution is -2.07. The zero-order valence-electron chi connectivity index (χ0n) is 8.46. The fraction of sp³-hybridized carbons (Fsp3) is 0. The van der Waals surface area contributed by atoms with Crippen molar-refractivity contribution in [3.63, 3.8) is 0 Å². The second-order valence-corrected chi connectivity index (χ2v) is 3.08. The van der Waals surface area contributed by atoms with E-state index >= 15 is 0 Å². The minimum Gasteiger partial charge on any atom is -0.866 e. The predicted octanol–water partition coefficient (Wildman–Crippen LogP) is -0.448. The molecule has 2 rings (SSSR count). The van der Waals surface area contributed by atoms with Crippen LogP contribution in [0.4, 0.5) is 11.4 Å². The molecular formula is C7H3N6O5-. The third kappa shape index (κ3) is 1.79. The Bertz CT molecular complexity index is 624. The highest BCUT2D eigenvalue weighted by Crippen LogP contribution is 2.33. The Labute approximate surface area is 97.6 Å². The van der Waals surface area contributed by atoms with Crippen molar-refractivity contribution in [1.29, 1.82) is 0 Å². The third-order valence-electron chi connectivity index (χ3n) is 2.04. The fourth-order valence-corrected chi connectivity index (χ4v) is 1.27. The molecule has 0 radical (unpaired) electrons. The van der Waals surface area contributed by atoms with Gasteiger partial charge >= 0.3 is 0 Å². The lowest BCUT2D eigenvalue weighted by Gasteiger charge is -2.11. The summed E-state index contributed by atoms with van der Waals surface area (Å²) >= 11 is 0. The normalized spacial score (nSPS) is 10.2. The molecule has 92 valence electrons. The van der Waals surface area contributed by atoms with E-state index in [-0.39, 0.29) is 5.69 Å². The number of tetrazole rings is 1. The number of nitro groups is 2. The number of hydrogen-bond donors (Lipinski definition) is 0. The van der Waals surface area contributed by atoms with Gasteiger partial charge in [-0.15, -0.1) is 5.10 Å². The van der Waals surface area contributed by atoms with E-state index in [0.717, 1.165) is 17.1 Å². The van der Waals surface area contributed by atoms with Crippen LogP contribution in [0, 0.1) is 20.2 Å². The van der Waals surface area contributed by atoms with Crippen LogP contribution in [0.25, 0.3) is 5.69 Å². The molecule has 0 N–H and O–H groups in total. The lowest BCUT2D eigenvalue weighted by molar-refractivity contribution is -0.403. The highest BCUT2D eigenvalue weighted by Gasteiger charge is 2.20. The van der Waals surface area contributed by atoms with Crippen molar-refractivity contribution < 1.29 is 15.0 Å². The second kappa shape index (κ2) is 4.04. The molecule has 18 heavy (non-hydrogen) atoms. The average Bonchev–Trinajstić information content (AvgIpc) is 2.81. The summed E-state index contributed by atoms with van der Waals surface area (Å²) in [5.74, 6) is -1.00. The number of hydrogen-bond acceptors (Lipinski definition) is 8. The van der Waals surface area contributed by atoms with Gasteiger partial charge in [0.25, 0.3) is 11.4 Å². The molecule has 11 heteroatoms. The Hall–Kier alpha value is -3.11. The van der Waals surface area contributed by atoms with Gasteiger partial charge in [0.15, 0.2) is 0 Å². The minimum atomic E-state index is -1.00. The Morgan fingerprint density at radius 2 is 1.89 bits per heavy atom. The van der Waals surface area contributed by atoms with Gasteiger partial charge in [0.2, 0.25) is 0 Å². The van der Waals surface area contributed by atoms with Crippen LogP contribution >= 0.6 is 0 Å².